The second kappa shape index (κ2) is 7.06. The molecule has 1 heterocycles. The first-order chi connectivity index (χ1) is 10.1. The molecule has 5 N–H and O–H groups in total. The van der Waals surface area contributed by atoms with Gasteiger partial charge in [-0.05, 0) is 29.7 Å². The fourth-order valence-corrected chi connectivity index (χ4v) is 2.07. The van der Waals surface area contributed by atoms with Gasteiger partial charge in [-0.2, -0.15) is 0 Å². The number of hydrogen-bond donors (Lipinski definition) is 3. The molecule has 0 aliphatic heterocycles. The molecule has 0 radical (unpaired) electrons. The van der Waals surface area contributed by atoms with Gasteiger partial charge in [0.25, 0.3) is 0 Å². The first-order valence-corrected chi connectivity index (χ1v) is 6.91. The third-order valence-corrected chi connectivity index (χ3v) is 3.42. The van der Waals surface area contributed by atoms with Crippen molar-refractivity contribution in [1.29, 1.82) is 0 Å². The SMILES string of the molecule is Nc1ccc(CNC(=O)[C@@H](N)Cc2ccccc2Cl)cn1. The largest absolute Gasteiger partial charge is 0.384 e. The molecule has 6 heteroatoms. The van der Waals surface area contributed by atoms with Crippen LogP contribution in [-0.2, 0) is 17.8 Å². The third-order valence-electron chi connectivity index (χ3n) is 3.05. The molecule has 2 aromatic rings. The first kappa shape index (κ1) is 15.3. The molecular weight excluding hydrogens is 288 g/mol. The topological polar surface area (TPSA) is 94.0 Å². The minimum Gasteiger partial charge on any atom is -0.384 e. The number of nitrogen functional groups attached to an aromatic ring is 1. The van der Waals surface area contributed by atoms with E-state index in [1.807, 2.05) is 24.3 Å². The molecule has 21 heavy (non-hydrogen) atoms. The van der Waals surface area contributed by atoms with E-state index >= 15 is 0 Å². The van der Waals surface area contributed by atoms with Crippen LogP contribution in [0.15, 0.2) is 42.6 Å². The molecule has 110 valence electrons. The van der Waals surface area contributed by atoms with Crippen molar-refractivity contribution in [3.63, 3.8) is 0 Å². The predicted molar refractivity (Wildman–Crippen MR) is 83.6 cm³/mol. The summed E-state index contributed by atoms with van der Waals surface area (Å²) < 4.78 is 0. The molecular formula is C15H17ClN4O. The lowest BCUT2D eigenvalue weighted by molar-refractivity contribution is -0.122. The summed E-state index contributed by atoms with van der Waals surface area (Å²) in [6, 6.07) is 10.2. The summed E-state index contributed by atoms with van der Waals surface area (Å²) in [5, 5.41) is 3.38. The summed E-state index contributed by atoms with van der Waals surface area (Å²) >= 11 is 6.05. The summed E-state index contributed by atoms with van der Waals surface area (Å²) in [4.78, 5) is 15.9. The van der Waals surface area contributed by atoms with E-state index in [-0.39, 0.29) is 5.91 Å². The smallest absolute Gasteiger partial charge is 0.237 e. The van der Waals surface area contributed by atoms with Crippen LogP contribution in [0.2, 0.25) is 5.02 Å². The quantitative estimate of drug-likeness (QED) is 0.780. The average Bonchev–Trinajstić information content (AvgIpc) is 2.48. The molecule has 0 bridgehead atoms. The maximum absolute atomic E-state index is 12.0. The van der Waals surface area contributed by atoms with Crippen molar-refractivity contribution in [1.82, 2.24) is 10.3 Å². The number of aromatic nitrogens is 1. The molecule has 1 atom stereocenters. The predicted octanol–water partition coefficient (Wildman–Crippen LogP) is 1.50. The lowest BCUT2D eigenvalue weighted by atomic mass is 10.1. The highest BCUT2D eigenvalue weighted by atomic mass is 35.5. The number of nitrogens with one attached hydrogen (secondary N) is 1. The zero-order valence-corrected chi connectivity index (χ0v) is 12.2. The maximum atomic E-state index is 12.0. The number of nitrogens with zero attached hydrogens (tertiary/aromatic N) is 1. The van der Waals surface area contributed by atoms with Crippen LogP contribution in [0.25, 0.3) is 0 Å². The van der Waals surface area contributed by atoms with Gasteiger partial charge in [0.05, 0.1) is 6.04 Å². The molecule has 0 spiro atoms. The Hall–Kier alpha value is -2.11. The Bertz CT molecular complexity index is 615. The van der Waals surface area contributed by atoms with E-state index < -0.39 is 6.04 Å². The molecule has 1 aromatic heterocycles. The van der Waals surface area contributed by atoms with Crippen LogP contribution < -0.4 is 16.8 Å². The zero-order chi connectivity index (χ0) is 15.2. The number of rotatable bonds is 5. The highest BCUT2D eigenvalue weighted by molar-refractivity contribution is 6.31. The van der Waals surface area contributed by atoms with Crippen molar-refractivity contribution < 1.29 is 4.79 Å². The maximum Gasteiger partial charge on any atom is 0.237 e. The van der Waals surface area contributed by atoms with Crippen LogP contribution in [-0.4, -0.2) is 16.9 Å². The Morgan fingerprint density at radius 1 is 1.29 bits per heavy atom. The molecule has 0 aliphatic carbocycles. The Kier molecular flexibility index (Phi) is 5.14. The van der Waals surface area contributed by atoms with Crippen LogP contribution in [0.4, 0.5) is 5.82 Å². The fraction of sp³-hybridized carbons (Fsp3) is 0.200. The van der Waals surface area contributed by atoms with E-state index in [1.165, 1.54) is 0 Å². The van der Waals surface area contributed by atoms with Crippen molar-refractivity contribution in [2.24, 2.45) is 5.73 Å². The van der Waals surface area contributed by atoms with E-state index in [4.69, 9.17) is 23.1 Å². The summed E-state index contributed by atoms with van der Waals surface area (Å²) in [5.41, 5.74) is 13.1. The second-order valence-corrected chi connectivity index (χ2v) is 5.12. The fourth-order valence-electron chi connectivity index (χ4n) is 1.85. The molecule has 2 rings (SSSR count). The molecule has 0 saturated carbocycles. The van der Waals surface area contributed by atoms with Gasteiger partial charge in [-0.25, -0.2) is 4.98 Å². The lowest BCUT2D eigenvalue weighted by Crippen LogP contribution is -2.41. The second-order valence-electron chi connectivity index (χ2n) is 4.71. The Balaban J connectivity index is 1.88. The van der Waals surface area contributed by atoms with Gasteiger partial charge in [0.2, 0.25) is 5.91 Å². The minimum absolute atomic E-state index is 0.230. The number of carbonyl (C=O) groups is 1. The van der Waals surface area contributed by atoms with Crippen LogP contribution in [0.1, 0.15) is 11.1 Å². The number of anilines is 1. The van der Waals surface area contributed by atoms with Gasteiger partial charge in [0.15, 0.2) is 0 Å². The van der Waals surface area contributed by atoms with Gasteiger partial charge in [0, 0.05) is 17.8 Å². The Morgan fingerprint density at radius 2 is 2.05 bits per heavy atom. The molecule has 1 aromatic carbocycles. The summed E-state index contributed by atoms with van der Waals surface area (Å²) in [7, 11) is 0. The standard InChI is InChI=1S/C15H17ClN4O/c16-12-4-2-1-3-11(12)7-13(17)15(21)20-9-10-5-6-14(18)19-8-10/h1-6,8,13H,7,9,17H2,(H2,18,19)(H,20,21)/t13-/m0/s1. The van der Waals surface area contributed by atoms with Gasteiger partial charge in [0.1, 0.15) is 5.82 Å². The summed E-state index contributed by atoms with van der Waals surface area (Å²) in [6.45, 7) is 0.363. The average molecular weight is 305 g/mol. The van der Waals surface area contributed by atoms with Gasteiger partial charge in [-0.3, -0.25) is 4.79 Å². The van der Waals surface area contributed by atoms with E-state index in [0.717, 1.165) is 11.1 Å². The highest BCUT2D eigenvalue weighted by Gasteiger charge is 2.15. The number of carbonyl (C=O) groups excluding carboxylic acids is 1. The monoisotopic (exact) mass is 304 g/mol. The molecule has 1 amide bonds. The van der Waals surface area contributed by atoms with Crippen molar-refractivity contribution >= 4 is 23.3 Å². The van der Waals surface area contributed by atoms with Gasteiger partial charge in [-0.1, -0.05) is 35.9 Å². The summed E-state index contributed by atoms with van der Waals surface area (Å²) in [5.74, 6) is 0.215. The van der Waals surface area contributed by atoms with E-state index in [9.17, 15) is 4.79 Å². The van der Waals surface area contributed by atoms with Gasteiger partial charge in [-0.15, -0.1) is 0 Å². The van der Waals surface area contributed by atoms with E-state index in [1.54, 1.807) is 18.3 Å². The van der Waals surface area contributed by atoms with Crippen molar-refractivity contribution in [2.75, 3.05) is 5.73 Å². The number of hydrogen-bond acceptors (Lipinski definition) is 4. The van der Waals surface area contributed by atoms with Gasteiger partial charge < -0.3 is 16.8 Å². The van der Waals surface area contributed by atoms with Crippen LogP contribution in [0, 0.1) is 0 Å². The van der Waals surface area contributed by atoms with E-state index in [0.29, 0.717) is 23.8 Å². The van der Waals surface area contributed by atoms with Crippen molar-refractivity contribution in [3.8, 4) is 0 Å². The number of amides is 1. The van der Waals surface area contributed by atoms with Crippen molar-refractivity contribution in [3.05, 3.63) is 58.7 Å². The minimum atomic E-state index is -0.647. The molecule has 0 unspecified atom stereocenters. The normalized spacial score (nSPS) is 11.9. The zero-order valence-electron chi connectivity index (χ0n) is 11.4. The first-order valence-electron chi connectivity index (χ1n) is 6.53. The molecule has 5 nitrogen and oxygen atoms in total. The number of benzene rings is 1. The molecule has 0 saturated heterocycles. The molecule has 0 fully saturated rings. The summed E-state index contributed by atoms with van der Waals surface area (Å²) in [6.07, 6.45) is 2.01. The van der Waals surface area contributed by atoms with Crippen LogP contribution >= 0.6 is 11.6 Å². The van der Waals surface area contributed by atoms with E-state index in [2.05, 4.69) is 10.3 Å². The highest BCUT2D eigenvalue weighted by Crippen LogP contribution is 2.16. The van der Waals surface area contributed by atoms with Crippen molar-refractivity contribution in [2.45, 2.75) is 19.0 Å². The number of halogens is 1. The number of pyridine rings is 1. The number of nitrogens with two attached hydrogens (primary N) is 2. The Labute approximate surface area is 128 Å². The third kappa shape index (κ3) is 4.44. The van der Waals surface area contributed by atoms with Crippen LogP contribution in [0.5, 0.6) is 0 Å². The van der Waals surface area contributed by atoms with Gasteiger partial charge >= 0.3 is 0 Å². The lowest BCUT2D eigenvalue weighted by Gasteiger charge is -2.13. The van der Waals surface area contributed by atoms with Crippen LogP contribution in [0.3, 0.4) is 0 Å². The Morgan fingerprint density at radius 3 is 2.71 bits per heavy atom. The molecule has 0 aliphatic rings.